The standard InChI is InChI=1S/C17H29N3O/c1-5-21-16-8-6-15(7-9-16)17(10-18)20-11-13(2)19(4)14(3)12-20/h6-9,13-14,17H,5,10-12,18H2,1-4H3. The Morgan fingerprint density at radius 1 is 1.19 bits per heavy atom. The summed E-state index contributed by atoms with van der Waals surface area (Å²) in [5.74, 6) is 0.928. The third kappa shape index (κ3) is 3.76. The lowest BCUT2D eigenvalue weighted by molar-refractivity contribution is 0.0352. The van der Waals surface area contributed by atoms with Gasteiger partial charge in [0.05, 0.1) is 6.61 Å². The van der Waals surface area contributed by atoms with E-state index in [0.29, 0.717) is 31.3 Å². The van der Waals surface area contributed by atoms with Crippen molar-refractivity contribution in [1.29, 1.82) is 0 Å². The molecule has 1 fully saturated rings. The van der Waals surface area contributed by atoms with E-state index in [1.807, 2.05) is 19.1 Å². The quantitative estimate of drug-likeness (QED) is 0.902. The zero-order chi connectivity index (χ0) is 15.4. The molecule has 4 heteroatoms. The van der Waals surface area contributed by atoms with Gasteiger partial charge in [0.2, 0.25) is 0 Å². The highest BCUT2D eigenvalue weighted by Crippen LogP contribution is 2.26. The number of hydrogen-bond donors (Lipinski definition) is 1. The molecule has 1 aliphatic heterocycles. The maximum Gasteiger partial charge on any atom is 0.119 e. The molecule has 1 aromatic rings. The molecule has 2 N–H and O–H groups in total. The van der Waals surface area contributed by atoms with E-state index in [1.54, 1.807) is 0 Å². The Balaban J connectivity index is 2.11. The summed E-state index contributed by atoms with van der Waals surface area (Å²) in [4.78, 5) is 4.97. The van der Waals surface area contributed by atoms with Gasteiger partial charge in [0.25, 0.3) is 0 Å². The zero-order valence-electron chi connectivity index (χ0n) is 13.7. The molecule has 1 saturated heterocycles. The van der Waals surface area contributed by atoms with Gasteiger partial charge in [-0.15, -0.1) is 0 Å². The predicted molar refractivity (Wildman–Crippen MR) is 87.7 cm³/mol. The number of piperazine rings is 1. The van der Waals surface area contributed by atoms with E-state index in [0.717, 1.165) is 18.8 Å². The summed E-state index contributed by atoms with van der Waals surface area (Å²) in [6.45, 7) is 10.1. The fraction of sp³-hybridized carbons (Fsp3) is 0.647. The first kappa shape index (κ1) is 16.3. The van der Waals surface area contributed by atoms with Gasteiger partial charge in [-0.3, -0.25) is 9.80 Å². The second-order valence-electron chi connectivity index (χ2n) is 6.07. The first-order chi connectivity index (χ1) is 10.1. The number of hydrogen-bond acceptors (Lipinski definition) is 4. The molecule has 0 aliphatic carbocycles. The highest BCUT2D eigenvalue weighted by molar-refractivity contribution is 5.29. The zero-order valence-corrected chi connectivity index (χ0v) is 13.7. The van der Waals surface area contributed by atoms with Crippen molar-refractivity contribution < 1.29 is 4.74 Å². The highest BCUT2D eigenvalue weighted by atomic mass is 16.5. The van der Waals surface area contributed by atoms with Crippen molar-refractivity contribution in [3.05, 3.63) is 29.8 Å². The molecule has 0 radical (unpaired) electrons. The van der Waals surface area contributed by atoms with E-state index in [4.69, 9.17) is 10.5 Å². The van der Waals surface area contributed by atoms with Crippen molar-refractivity contribution in [2.45, 2.75) is 38.9 Å². The van der Waals surface area contributed by atoms with Crippen LogP contribution in [0.5, 0.6) is 5.75 Å². The Labute approximate surface area is 128 Å². The monoisotopic (exact) mass is 291 g/mol. The SMILES string of the molecule is CCOc1ccc(C(CN)N2CC(C)N(C)C(C)C2)cc1. The van der Waals surface area contributed by atoms with Gasteiger partial charge < -0.3 is 10.5 Å². The molecule has 1 aromatic carbocycles. The first-order valence-corrected chi connectivity index (χ1v) is 7.95. The summed E-state index contributed by atoms with van der Waals surface area (Å²) in [6.07, 6.45) is 0. The number of rotatable bonds is 5. The minimum absolute atomic E-state index is 0.291. The van der Waals surface area contributed by atoms with E-state index in [-0.39, 0.29) is 0 Å². The third-order valence-corrected chi connectivity index (χ3v) is 4.63. The summed E-state index contributed by atoms with van der Waals surface area (Å²) in [5, 5.41) is 0. The molecule has 4 nitrogen and oxygen atoms in total. The Morgan fingerprint density at radius 2 is 1.76 bits per heavy atom. The van der Waals surface area contributed by atoms with Crippen LogP contribution >= 0.6 is 0 Å². The molecule has 0 aromatic heterocycles. The van der Waals surface area contributed by atoms with Gasteiger partial charge >= 0.3 is 0 Å². The van der Waals surface area contributed by atoms with Gasteiger partial charge in [0, 0.05) is 37.8 Å². The van der Waals surface area contributed by atoms with Gasteiger partial charge in [0.1, 0.15) is 5.75 Å². The van der Waals surface area contributed by atoms with E-state index in [2.05, 4.69) is 42.8 Å². The van der Waals surface area contributed by atoms with E-state index >= 15 is 0 Å². The highest BCUT2D eigenvalue weighted by Gasteiger charge is 2.30. The van der Waals surface area contributed by atoms with Crippen LogP contribution in [0.3, 0.4) is 0 Å². The molecule has 3 atom stereocenters. The normalized spacial score (nSPS) is 25.8. The third-order valence-electron chi connectivity index (χ3n) is 4.63. The summed E-state index contributed by atoms with van der Waals surface area (Å²) in [5.41, 5.74) is 7.35. The van der Waals surface area contributed by atoms with Gasteiger partial charge in [0.15, 0.2) is 0 Å². The van der Waals surface area contributed by atoms with Crippen LogP contribution < -0.4 is 10.5 Å². The molecule has 1 heterocycles. The number of nitrogens with zero attached hydrogens (tertiary/aromatic N) is 2. The van der Waals surface area contributed by atoms with Gasteiger partial charge in [-0.1, -0.05) is 12.1 Å². The van der Waals surface area contributed by atoms with Crippen LogP contribution in [0.15, 0.2) is 24.3 Å². The average molecular weight is 291 g/mol. The molecular formula is C17H29N3O. The second-order valence-corrected chi connectivity index (χ2v) is 6.07. The van der Waals surface area contributed by atoms with Crippen LogP contribution in [0.1, 0.15) is 32.4 Å². The largest absolute Gasteiger partial charge is 0.494 e. The molecule has 0 amide bonds. The van der Waals surface area contributed by atoms with E-state index in [9.17, 15) is 0 Å². The Hall–Kier alpha value is -1.10. The van der Waals surface area contributed by atoms with Gasteiger partial charge in [-0.2, -0.15) is 0 Å². The fourth-order valence-corrected chi connectivity index (χ4v) is 3.15. The topological polar surface area (TPSA) is 41.7 Å². The smallest absolute Gasteiger partial charge is 0.119 e. The lowest BCUT2D eigenvalue weighted by Crippen LogP contribution is -2.56. The Morgan fingerprint density at radius 3 is 2.24 bits per heavy atom. The predicted octanol–water partition coefficient (Wildman–Crippen LogP) is 2.11. The van der Waals surface area contributed by atoms with Crippen molar-refractivity contribution in [2.75, 3.05) is 33.3 Å². The molecule has 2 rings (SSSR count). The van der Waals surface area contributed by atoms with Crippen molar-refractivity contribution in [3.8, 4) is 5.75 Å². The van der Waals surface area contributed by atoms with E-state index < -0.39 is 0 Å². The number of benzene rings is 1. The van der Waals surface area contributed by atoms with Gasteiger partial charge in [-0.05, 0) is 45.5 Å². The molecule has 0 bridgehead atoms. The molecule has 0 spiro atoms. The first-order valence-electron chi connectivity index (χ1n) is 7.95. The Kier molecular flexibility index (Phi) is 5.62. The van der Waals surface area contributed by atoms with Gasteiger partial charge in [-0.25, -0.2) is 0 Å². The van der Waals surface area contributed by atoms with Crippen LogP contribution in [0.25, 0.3) is 0 Å². The minimum atomic E-state index is 0.291. The second kappa shape index (κ2) is 7.25. The van der Waals surface area contributed by atoms with Crippen molar-refractivity contribution in [3.63, 3.8) is 0 Å². The average Bonchev–Trinajstić information content (AvgIpc) is 2.47. The fourth-order valence-electron chi connectivity index (χ4n) is 3.15. The lowest BCUT2D eigenvalue weighted by atomic mass is 10.0. The maximum absolute atomic E-state index is 6.07. The summed E-state index contributed by atoms with van der Waals surface area (Å²) >= 11 is 0. The molecule has 118 valence electrons. The van der Waals surface area contributed by atoms with Crippen LogP contribution in [0.4, 0.5) is 0 Å². The van der Waals surface area contributed by atoms with Crippen molar-refractivity contribution in [2.24, 2.45) is 5.73 Å². The van der Waals surface area contributed by atoms with Crippen LogP contribution in [-0.2, 0) is 0 Å². The number of likely N-dealkylation sites (N-methyl/N-ethyl adjacent to an activating group) is 1. The number of nitrogens with two attached hydrogens (primary N) is 1. The molecule has 3 unspecified atom stereocenters. The van der Waals surface area contributed by atoms with Crippen LogP contribution in [0.2, 0.25) is 0 Å². The van der Waals surface area contributed by atoms with E-state index in [1.165, 1.54) is 5.56 Å². The molecule has 21 heavy (non-hydrogen) atoms. The summed E-state index contributed by atoms with van der Waals surface area (Å²) in [7, 11) is 2.21. The maximum atomic E-state index is 6.07. The molecule has 1 aliphatic rings. The van der Waals surface area contributed by atoms with Crippen LogP contribution in [0, 0.1) is 0 Å². The summed E-state index contributed by atoms with van der Waals surface area (Å²) in [6, 6.07) is 9.80. The summed E-state index contributed by atoms with van der Waals surface area (Å²) < 4.78 is 5.52. The molecular weight excluding hydrogens is 262 g/mol. The van der Waals surface area contributed by atoms with Crippen molar-refractivity contribution in [1.82, 2.24) is 9.80 Å². The Bertz CT molecular complexity index is 422. The minimum Gasteiger partial charge on any atom is -0.494 e. The number of ether oxygens (including phenoxy) is 1. The van der Waals surface area contributed by atoms with Crippen molar-refractivity contribution >= 4 is 0 Å². The molecule has 0 saturated carbocycles. The van der Waals surface area contributed by atoms with Crippen LogP contribution in [-0.4, -0.2) is 55.2 Å². The lowest BCUT2D eigenvalue weighted by Gasteiger charge is -2.45.